The molecule has 1 saturated heterocycles. The normalized spacial score (nSPS) is 27.9. The highest BCUT2D eigenvalue weighted by Gasteiger charge is 2.23. The number of rotatable bonds is 5. The molecule has 1 fully saturated rings. The van der Waals surface area contributed by atoms with Gasteiger partial charge in [-0.3, -0.25) is 4.90 Å². The second-order valence-electron chi connectivity index (χ2n) is 4.79. The quantitative estimate of drug-likeness (QED) is 0.579. The molecule has 0 bridgehead atoms. The first-order chi connectivity index (χ1) is 7.11. The predicted molar refractivity (Wildman–Crippen MR) is 70.1 cm³/mol. The van der Waals surface area contributed by atoms with Gasteiger partial charge < -0.3 is 5.73 Å². The van der Waals surface area contributed by atoms with Gasteiger partial charge in [0.15, 0.2) is 0 Å². The third-order valence-electron chi connectivity index (χ3n) is 3.47. The van der Waals surface area contributed by atoms with Crippen LogP contribution in [0.1, 0.15) is 52.4 Å². The third kappa shape index (κ3) is 4.47. The Morgan fingerprint density at radius 1 is 1.27 bits per heavy atom. The van der Waals surface area contributed by atoms with Crippen molar-refractivity contribution >= 4 is 17.2 Å². The molecule has 0 aliphatic carbocycles. The second kappa shape index (κ2) is 6.44. The molecule has 0 aromatic carbocycles. The maximum atomic E-state index is 5.48. The molecule has 2 unspecified atom stereocenters. The van der Waals surface area contributed by atoms with Crippen molar-refractivity contribution in [2.75, 3.05) is 6.54 Å². The van der Waals surface area contributed by atoms with Crippen LogP contribution in [0, 0.1) is 0 Å². The van der Waals surface area contributed by atoms with E-state index in [2.05, 4.69) is 18.7 Å². The maximum absolute atomic E-state index is 5.48. The van der Waals surface area contributed by atoms with Crippen LogP contribution in [0.25, 0.3) is 0 Å². The van der Waals surface area contributed by atoms with Gasteiger partial charge in [0.05, 0.1) is 4.99 Å². The monoisotopic (exact) mass is 228 g/mol. The van der Waals surface area contributed by atoms with Crippen molar-refractivity contribution in [2.24, 2.45) is 5.73 Å². The molecule has 1 heterocycles. The van der Waals surface area contributed by atoms with Crippen molar-refractivity contribution in [1.29, 1.82) is 0 Å². The molecule has 2 nitrogen and oxygen atoms in total. The molecule has 15 heavy (non-hydrogen) atoms. The lowest BCUT2D eigenvalue weighted by molar-refractivity contribution is 0.102. The number of hydrogen-bond acceptors (Lipinski definition) is 2. The summed E-state index contributed by atoms with van der Waals surface area (Å²) in [6.45, 7) is 5.91. The Hall–Kier alpha value is -0.150. The van der Waals surface area contributed by atoms with Crippen LogP contribution in [0.15, 0.2) is 0 Å². The lowest BCUT2D eigenvalue weighted by Gasteiger charge is -2.39. The van der Waals surface area contributed by atoms with E-state index in [4.69, 9.17) is 18.0 Å². The molecule has 0 amide bonds. The van der Waals surface area contributed by atoms with Gasteiger partial charge in [-0.05, 0) is 52.5 Å². The fourth-order valence-corrected chi connectivity index (χ4v) is 2.65. The van der Waals surface area contributed by atoms with Crippen LogP contribution < -0.4 is 5.73 Å². The van der Waals surface area contributed by atoms with Gasteiger partial charge in [-0.1, -0.05) is 18.6 Å². The van der Waals surface area contributed by atoms with Crippen molar-refractivity contribution in [3.63, 3.8) is 0 Å². The molecule has 2 N–H and O–H groups in total. The van der Waals surface area contributed by atoms with Crippen LogP contribution in [0.5, 0.6) is 0 Å². The zero-order chi connectivity index (χ0) is 11.3. The fraction of sp³-hybridized carbons (Fsp3) is 0.917. The van der Waals surface area contributed by atoms with Crippen LogP contribution in [-0.4, -0.2) is 28.5 Å². The summed E-state index contributed by atoms with van der Waals surface area (Å²) in [7, 11) is 0. The van der Waals surface area contributed by atoms with E-state index in [-0.39, 0.29) is 0 Å². The van der Waals surface area contributed by atoms with Crippen LogP contribution >= 0.6 is 12.2 Å². The van der Waals surface area contributed by atoms with Gasteiger partial charge in [0, 0.05) is 12.1 Å². The van der Waals surface area contributed by atoms with E-state index in [0.717, 1.165) is 24.9 Å². The number of nitrogens with two attached hydrogens (primary N) is 1. The van der Waals surface area contributed by atoms with Crippen molar-refractivity contribution in [3.05, 3.63) is 0 Å². The smallest absolute Gasteiger partial charge is 0.0727 e. The van der Waals surface area contributed by atoms with E-state index in [1.165, 1.54) is 32.2 Å². The molecule has 0 radical (unpaired) electrons. The van der Waals surface area contributed by atoms with Crippen LogP contribution in [-0.2, 0) is 0 Å². The molecule has 3 heteroatoms. The van der Waals surface area contributed by atoms with Crippen molar-refractivity contribution in [3.8, 4) is 0 Å². The summed E-state index contributed by atoms with van der Waals surface area (Å²) < 4.78 is 0. The van der Waals surface area contributed by atoms with E-state index in [0.29, 0.717) is 4.99 Å². The lowest BCUT2D eigenvalue weighted by Crippen LogP contribution is -2.44. The van der Waals surface area contributed by atoms with Crippen molar-refractivity contribution < 1.29 is 0 Å². The molecule has 0 saturated carbocycles. The molecular formula is C12H24N2S. The number of piperidine rings is 1. The molecule has 88 valence electrons. The van der Waals surface area contributed by atoms with Crippen LogP contribution in [0.2, 0.25) is 0 Å². The minimum absolute atomic E-state index is 0.662. The van der Waals surface area contributed by atoms with Crippen molar-refractivity contribution in [2.45, 2.75) is 64.5 Å². The SMILES string of the molecule is CC1CCCC(C)N1CCCCC(N)=S. The average molecular weight is 228 g/mol. The van der Waals surface area contributed by atoms with Crippen LogP contribution in [0.4, 0.5) is 0 Å². The van der Waals surface area contributed by atoms with Gasteiger partial charge in [-0.2, -0.15) is 0 Å². The van der Waals surface area contributed by atoms with Crippen molar-refractivity contribution in [1.82, 2.24) is 4.90 Å². The first-order valence-corrected chi connectivity index (χ1v) is 6.56. The first-order valence-electron chi connectivity index (χ1n) is 6.15. The van der Waals surface area contributed by atoms with E-state index in [9.17, 15) is 0 Å². The number of likely N-dealkylation sites (tertiary alicyclic amines) is 1. The van der Waals surface area contributed by atoms with Gasteiger partial charge in [0.1, 0.15) is 0 Å². The van der Waals surface area contributed by atoms with E-state index in [1.54, 1.807) is 0 Å². The Bertz CT molecular complexity index is 196. The minimum atomic E-state index is 0.662. The summed E-state index contributed by atoms with van der Waals surface area (Å²) >= 11 is 4.88. The second-order valence-corrected chi connectivity index (χ2v) is 5.31. The topological polar surface area (TPSA) is 29.3 Å². The predicted octanol–water partition coefficient (Wildman–Crippen LogP) is 2.71. The van der Waals surface area contributed by atoms with E-state index < -0.39 is 0 Å². The van der Waals surface area contributed by atoms with Gasteiger partial charge in [-0.25, -0.2) is 0 Å². The van der Waals surface area contributed by atoms with Crippen LogP contribution in [0.3, 0.4) is 0 Å². The summed E-state index contributed by atoms with van der Waals surface area (Å²) in [5.41, 5.74) is 5.48. The van der Waals surface area contributed by atoms with Gasteiger partial charge >= 0.3 is 0 Å². The Morgan fingerprint density at radius 3 is 2.40 bits per heavy atom. The summed E-state index contributed by atoms with van der Waals surface area (Å²) in [5.74, 6) is 0. The van der Waals surface area contributed by atoms with E-state index >= 15 is 0 Å². The Balaban J connectivity index is 2.20. The largest absolute Gasteiger partial charge is 0.393 e. The molecular weight excluding hydrogens is 204 g/mol. The summed E-state index contributed by atoms with van der Waals surface area (Å²) in [4.78, 5) is 3.30. The Morgan fingerprint density at radius 2 is 1.87 bits per heavy atom. The highest BCUT2D eigenvalue weighted by molar-refractivity contribution is 7.80. The molecule has 1 aliphatic heterocycles. The zero-order valence-electron chi connectivity index (χ0n) is 10.0. The highest BCUT2D eigenvalue weighted by Crippen LogP contribution is 2.22. The minimum Gasteiger partial charge on any atom is -0.393 e. The number of nitrogens with zero attached hydrogens (tertiary/aromatic N) is 1. The zero-order valence-corrected chi connectivity index (χ0v) is 10.9. The summed E-state index contributed by atoms with van der Waals surface area (Å²) in [6, 6.07) is 1.53. The number of thiocarbonyl (C=S) groups is 1. The lowest BCUT2D eigenvalue weighted by atomic mass is 9.97. The summed E-state index contributed by atoms with van der Waals surface area (Å²) in [6.07, 6.45) is 7.40. The molecule has 1 rings (SSSR count). The van der Waals surface area contributed by atoms with Gasteiger partial charge in [0.2, 0.25) is 0 Å². The molecule has 0 spiro atoms. The standard InChI is InChI=1S/C12H24N2S/c1-10-6-5-7-11(2)14(10)9-4-3-8-12(13)15/h10-11H,3-9H2,1-2H3,(H2,13,15). The van der Waals surface area contributed by atoms with Gasteiger partial charge in [-0.15, -0.1) is 0 Å². The summed E-state index contributed by atoms with van der Waals surface area (Å²) in [5, 5.41) is 0. The molecule has 2 atom stereocenters. The highest BCUT2D eigenvalue weighted by atomic mass is 32.1. The Kier molecular flexibility index (Phi) is 5.54. The number of unbranched alkanes of at least 4 members (excludes halogenated alkanes) is 1. The molecule has 0 aromatic heterocycles. The Labute approximate surface area is 99.2 Å². The maximum Gasteiger partial charge on any atom is 0.0727 e. The molecule has 0 aromatic rings. The first kappa shape index (κ1) is 12.9. The fourth-order valence-electron chi connectivity index (χ4n) is 2.51. The third-order valence-corrected chi connectivity index (χ3v) is 3.67. The number of hydrogen-bond donors (Lipinski definition) is 1. The van der Waals surface area contributed by atoms with E-state index in [1.807, 2.05) is 0 Å². The average Bonchev–Trinajstić information content (AvgIpc) is 2.15. The molecule has 1 aliphatic rings. The van der Waals surface area contributed by atoms with Gasteiger partial charge in [0.25, 0.3) is 0 Å².